The first-order valence-electron chi connectivity index (χ1n) is 6.50. The molecule has 1 saturated heterocycles. The van der Waals surface area contributed by atoms with Crippen LogP contribution >= 0.6 is 15.9 Å². The third-order valence-electron chi connectivity index (χ3n) is 3.50. The summed E-state index contributed by atoms with van der Waals surface area (Å²) in [4.78, 5) is 4.34. The summed E-state index contributed by atoms with van der Waals surface area (Å²) < 4.78 is 0.990. The summed E-state index contributed by atoms with van der Waals surface area (Å²) in [7, 11) is 4.08. The highest BCUT2D eigenvalue weighted by Gasteiger charge is 2.32. The van der Waals surface area contributed by atoms with Crippen molar-refractivity contribution in [3.8, 4) is 0 Å². The summed E-state index contributed by atoms with van der Waals surface area (Å²) in [5.74, 6) is 0. The number of nitrogens with zero attached hydrogens (tertiary/aromatic N) is 2. The minimum absolute atomic E-state index is 0.0178. The predicted molar refractivity (Wildman–Crippen MR) is 80.4 cm³/mol. The van der Waals surface area contributed by atoms with Crippen molar-refractivity contribution in [3.63, 3.8) is 0 Å². The molecule has 2 N–H and O–H groups in total. The first kappa shape index (κ1) is 14.8. The molecule has 0 spiro atoms. The van der Waals surface area contributed by atoms with Gasteiger partial charge in [0.2, 0.25) is 0 Å². The maximum Gasteiger partial charge on any atom is 0.0735 e. The van der Waals surface area contributed by atoms with Crippen molar-refractivity contribution in [2.75, 3.05) is 32.1 Å². The van der Waals surface area contributed by atoms with E-state index in [0.29, 0.717) is 6.54 Å². The van der Waals surface area contributed by atoms with Crippen molar-refractivity contribution >= 4 is 21.6 Å². The molecule has 0 bridgehead atoms. The molecule has 106 valence electrons. The van der Waals surface area contributed by atoms with E-state index < -0.39 is 0 Å². The highest BCUT2D eigenvalue weighted by Crippen LogP contribution is 2.31. The second-order valence-corrected chi connectivity index (χ2v) is 6.30. The molecule has 1 aliphatic rings. The Bertz CT molecular complexity index is 439. The molecule has 0 amide bonds. The van der Waals surface area contributed by atoms with Crippen molar-refractivity contribution in [1.82, 2.24) is 4.90 Å². The fraction of sp³-hybridized carbons (Fsp3) is 0.571. The Morgan fingerprint density at radius 2 is 2.16 bits per heavy atom. The molecule has 2 atom stereocenters. The van der Waals surface area contributed by atoms with Gasteiger partial charge in [0.05, 0.1) is 12.7 Å². The lowest BCUT2D eigenvalue weighted by Gasteiger charge is -2.30. The predicted octanol–water partition coefficient (Wildman–Crippen LogP) is 1.44. The fourth-order valence-electron chi connectivity index (χ4n) is 2.72. The van der Waals surface area contributed by atoms with Crippen LogP contribution in [-0.2, 0) is 6.61 Å². The number of aliphatic hydroxyl groups is 2. The molecule has 1 aromatic rings. The second kappa shape index (κ2) is 6.22. The van der Waals surface area contributed by atoms with Gasteiger partial charge in [-0.1, -0.05) is 22.0 Å². The average molecular weight is 329 g/mol. The molecule has 2 rings (SSSR count). The van der Waals surface area contributed by atoms with E-state index in [9.17, 15) is 10.2 Å². The van der Waals surface area contributed by atoms with Gasteiger partial charge in [0.15, 0.2) is 0 Å². The summed E-state index contributed by atoms with van der Waals surface area (Å²) in [6, 6.07) is 6.16. The van der Waals surface area contributed by atoms with Crippen molar-refractivity contribution in [2.24, 2.45) is 0 Å². The molecule has 2 unspecified atom stereocenters. The van der Waals surface area contributed by atoms with Gasteiger partial charge < -0.3 is 20.0 Å². The molecule has 1 aliphatic heterocycles. The van der Waals surface area contributed by atoms with Crippen molar-refractivity contribution in [2.45, 2.75) is 25.2 Å². The van der Waals surface area contributed by atoms with E-state index in [4.69, 9.17) is 0 Å². The van der Waals surface area contributed by atoms with E-state index in [2.05, 4.69) is 25.7 Å². The van der Waals surface area contributed by atoms with Crippen LogP contribution in [0.4, 0.5) is 5.69 Å². The molecule has 4 nitrogen and oxygen atoms in total. The lowest BCUT2D eigenvalue weighted by Crippen LogP contribution is -2.38. The van der Waals surface area contributed by atoms with Crippen LogP contribution in [0.25, 0.3) is 0 Å². The maximum absolute atomic E-state index is 9.94. The van der Waals surface area contributed by atoms with E-state index in [1.807, 2.05) is 32.3 Å². The topological polar surface area (TPSA) is 46.9 Å². The van der Waals surface area contributed by atoms with Gasteiger partial charge in [0, 0.05) is 34.9 Å². The fourth-order valence-corrected chi connectivity index (χ4v) is 3.07. The van der Waals surface area contributed by atoms with Crippen LogP contribution in [0.15, 0.2) is 22.7 Å². The van der Waals surface area contributed by atoms with Crippen molar-refractivity contribution in [3.05, 3.63) is 28.2 Å². The smallest absolute Gasteiger partial charge is 0.0735 e. The Hall–Kier alpha value is -0.620. The average Bonchev–Trinajstić information content (AvgIpc) is 2.69. The summed E-state index contributed by atoms with van der Waals surface area (Å²) >= 11 is 3.48. The third-order valence-corrected chi connectivity index (χ3v) is 3.99. The number of hydrogen-bond acceptors (Lipinski definition) is 4. The zero-order chi connectivity index (χ0) is 14.0. The molecule has 1 aromatic carbocycles. The van der Waals surface area contributed by atoms with E-state index in [1.54, 1.807) is 0 Å². The maximum atomic E-state index is 9.94. The lowest BCUT2D eigenvalue weighted by molar-refractivity contribution is 0.191. The molecule has 1 fully saturated rings. The number of aliphatic hydroxyl groups excluding tert-OH is 2. The van der Waals surface area contributed by atoms with Gasteiger partial charge in [-0.3, -0.25) is 0 Å². The van der Waals surface area contributed by atoms with E-state index >= 15 is 0 Å². The molecule has 5 heteroatoms. The van der Waals surface area contributed by atoms with Gasteiger partial charge >= 0.3 is 0 Å². The van der Waals surface area contributed by atoms with Crippen LogP contribution in [-0.4, -0.2) is 54.4 Å². The van der Waals surface area contributed by atoms with Gasteiger partial charge in [0.25, 0.3) is 0 Å². The monoisotopic (exact) mass is 328 g/mol. The molecule has 0 aromatic heterocycles. The summed E-state index contributed by atoms with van der Waals surface area (Å²) in [5, 5.41) is 19.4. The van der Waals surface area contributed by atoms with Crippen LogP contribution in [0.5, 0.6) is 0 Å². The van der Waals surface area contributed by atoms with Crippen LogP contribution in [0.1, 0.15) is 12.0 Å². The van der Waals surface area contributed by atoms with Gasteiger partial charge in [-0.2, -0.15) is 0 Å². The Balaban J connectivity index is 2.30. The summed E-state index contributed by atoms with van der Waals surface area (Å²) in [5.41, 5.74) is 1.92. The lowest BCUT2D eigenvalue weighted by atomic mass is 10.1. The normalized spacial score (nSPS) is 23.4. The Morgan fingerprint density at radius 3 is 2.79 bits per heavy atom. The molecule has 0 saturated carbocycles. The van der Waals surface area contributed by atoms with E-state index in [1.165, 1.54) is 0 Å². The van der Waals surface area contributed by atoms with Crippen LogP contribution in [0.3, 0.4) is 0 Å². The number of hydrogen-bond donors (Lipinski definition) is 2. The zero-order valence-corrected chi connectivity index (χ0v) is 13.0. The first-order chi connectivity index (χ1) is 9.01. The molecule has 0 radical (unpaired) electrons. The number of halogens is 1. The third kappa shape index (κ3) is 3.48. The van der Waals surface area contributed by atoms with Crippen LogP contribution in [0, 0.1) is 0 Å². The van der Waals surface area contributed by atoms with E-state index in [-0.39, 0.29) is 18.8 Å². The number of β-amino-alcohol motifs (C(OH)–C–C–N with tert-alkyl or cyclic N) is 1. The highest BCUT2D eigenvalue weighted by atomic mass is 79.9. The van der Waals surface area contributed by atoms with Crippen LogP contribution in [0.2, 0.25) is 0 Å². The van der Waals surface area contributed by atoms with Crippen molar-refractivity contribution in [1.29, 1.82) is 0 Å². The Labute approximate surface area is 122 Å². The Morgan fingerprint density at radius 1 is 1.42 bits per heavy atom. The van der Waals surface area contributed by atoms with Crippen LogP contribution < -0.4 is 4.90 Å². The Kier molecular flexibility index (Phi) is 4.84. The number of rotatable bonds is 4. The highest BCUT2D eigenvalue weighted by molar-refractivity contribution is 9.10. The summed E-state index contributed by atoms with van der Waals surface area (Å²) in [6.45, 7) is 1.54. The molecule has 0 aliphatic carbocycles. The summed E-state index contributed by atoms with van der Waals surface area (Å²) in [6.07, 6.45) is 0.478. The number of likely N-dealkylation sites (N-methyl/N-ethyl adjacent to an activating group) is 1. The van der Waals surface area contributed by atoms with Gasteiger partial charge in [-0.05, 0) is 32.6 Å². The molecule has 19 heavy (non-hydrogen) atoms. The van der Waals surface area contributed by atoms with E-state index in [0.717, 1.165) is 28.7 Å². The number of anilines is 1. The van der Waals surface area contributed by atoms with Gasteiger partial charge in [-0.25, -0.2) is 0 Å². The zero-order valence-electron chi connectivity index (χ0n) is 11.4. The van der Waals surface area contributed by atoms with Crippen molar-refractivity contribution < 1.29 is 10.2 Å². The molecule has 1 heterocycles. The molecular weight excluding hydrogens is 308 g/mol. The van der Waals surface area contributed by atoms with Gasteiger partial charge in [0.1, 0.15) is 0 Å². The minimum atomic E-state index is -0.296. The standard InChI is InChI=1S/C14H21BrN2O2/c1-16(2)7-12-6-13(19)8-17(12)14-5-11(15)4-3-10(14)9-18/h3-5,12-13,18-19H,6-9H2,1-2H3. The molecular formula is C14H21BrN2O2. The SMILES string of the molecule is CN(C)CC1CC(O)CN1c1cc(Br)ccc1CO. The second-order valence-electron chi connectivity index (χ2n) is 5.39. The quantitative estimate of drug-likeness (QED) is 0.878. The van der Waals surface area contributed by atoms with Gasteiger partial charge in [-0.15, -0.1) is 0 Å². The largest absolute Gasteiger partial charge is 0.392 e. The number of benzene rings is 1. The first-order valence-corrected chi connectivity index (χ1v) is 7.29. The minimum Gasteiger partial charge on any atom is -0.392 e.